The molecule has 2 atom stereocenters. The summed E-state index contributed by atoms with van der Waals surface area (Å²) >= 11 is 0. The molecular weight excluding hydrogens is 228 g/mol. The van der Waals surface area contributed by atoms with Crippen LogP contribution in [0.3, 0.4) is 0 Å². The number of hydrogen-bond acceptors (Lipinski definition) is 3. The zero-order valence-electron chi connectivity index (χ0n) is 9.58. The molecule has 4 heteroatoms. The maximum atomic E-state index is 12.4. The number of nitrogens with one attached hydrogen (secondary N) is 1. The van der Waals surface area contributed by atoms with Crippen LogP contribution in [0.4, 0.5) is 5.69 Å². The molecule has 0 fully saturated rings. The minimum absolute atomic E-state index is 0.00963. The maximum Gasteiger partial charge on any atom is 0.164 e. The Bertz CT molecular complexity index is 596. The van der Waals surface area contributed by atoms with E-state index in [4.69, 9.17) is 0 Å². The third-order valence-corrected chi connectivity index (χ3v) is 3.24. The van der Waals surface area contributed by atoms with Gasteiger partial charge in [0.15, 0.2) is 11.8 Å². The topological polar surface area (TPSA) is 60.1 Å². The Morgan fingerprint density at radius 2 is 1.67 bits per heavy atom. The summed E-state index contributed by atoms with van der Waals surface area (Å²) in [6.07, 6.45) is 0. The van der Waals surface area contributed by atoms with Gasteiger partial charge in [0.2, 0.25) is 0 Å². The summed E-state index contributed by atoms with van der Waals surface area (Å²) in [5.41, 5.74) is 2.63. The summed E-state index contributed by atoms with van der Waals surface area (Å²) in [4.78, 5) is 0. The van der Waals surface area contributed by atoms with Gasteiger partial charge >= 0.3 is 0 Å². The van der Waals surface area contributed by atoms with E-state index in [0.717, 1.165) is 11.1 Å². The summed E-state index contributed by atoms with van der Waals surface area (Å²) in [7, 11) is 0. The number of quaternary nitrogens is 1. The van der Waals surface area contributed by atoms with Crippen molar-refractivity contribution in [2.24, 2.45) is 5.16 Å². The van der Waals surface area contributed by atoms with Gasteiger partial charge < -0.3 is 15.5 Å². The Morgan fingerprint density at radius 3 is 2.39 bits per heavy atom. The lowest BCUT2D eigenvalue weighted by atomic mass is 10.0. The molecule has 4 nitrogen and oxygen atoms in total. The highest BCUT2D eigenvalue weighted by Crippen LogP contribution is 2.27. The molecule has 0 saturated carbocycles. The molecule has 18 heavy (non-hydrogen) atoms. The molecule has 0 bridgehead atoms. The standard InChI is InChI=1S/C14H12N2O2/c17-15-13-11-8-4-5-9-12(11)16(18)14(13)10-6-2-1-3-7-10/h1-9,14,16-17H. The Morgan fingerprint density at radius 1 is 1.00 bits per heavy atom. The second-order valence-electron chi connectivity index (χ2n) is 4.24. The number of hydrogen-bond donors (Lipinski definition) is 2. The summed E-state index contributed by atoms with van der Waals surface area (Å²) in [5.74, 6) is 0. The third kappa shape index (κ3) is 1.51. The average molecular weight is 240 g/mol. The highest BCUT2D eigenvalue weighted by Gasteiger charge is 2.37. The molecule has 90 valence electrons. The zero-order chi connectivity index (χ0) is 12.5. The van der Waals surface area contributed by atoms with E-state index in [2.05, 4.69) is 5.16 Å². The molecule has 0 aliphatic carbocycles. The van der Waals surface area contributed by atoms with Gasteiger partial charge in [-0.3, -0.25) is 0 Å². The number of rotatable bonds is 1. The lowest BCUT2D eigenvalue weighted by Gasteiger charge is -2.24. The van der Waals surface area contributed by atoms with E-state index in [1.54, 1.807) is 6.07 Å². The number of nitrogens with zero attached hydrogens (tertiary/aromatic N) is 1. The first kappa shape index (κ1) is 11.0. The van der Waals surface area contributed by atoms with Gasteiger partial charge in [-0.05, 0) is 6.07 Å². The van der Waals surface area contributed by atoms with Crippen LogP contribution in [0.1, 0.15) is 17.2 Å². The average Bonchev–Trinajstić information content (AvgIpc) is 2.73. The SMILES string of the molecule is [O-][NH+]1c2ccccc2C(=NO)C1c1ccccc1. The van der Waals surface area contributed by atoms with Gasteiger partial charge in [0.05, 0.1) is 5.56 Å². The van der Waals surface area contributed by atoms with Crippen LogP contribution in [-0.4, -0.2) is 10.9 Å². The van der Waals surface area contributed by atoms with Gasteiger partial charge in [-0.25, -0.2) is 0 Å². The van der Waals surface area contributed by atoms with Crippen molar-refractivity contribution in [2.45, 2.75) is 6.04 Å². The third-order valence-electron chi connectivity index (χ3n) is 3.24. The number of oxime groups is 1. The molecule has 1 aliphatic rings. The zero-order valence-corrected chi connectivity index (χ0v) is 9.58. The number of para-hydroxylation sites is 1. The molecule has 0 saturated heterocycles. The first-order valence-corrected chi connectivity index (χ1v) is 5.73. The lowest BCUT2D eigenvalue weighted by molar-refractivity contribution is -0.795. The van der Waals surface area contributed by atoms with E-state index in [0.29, 0.717) is 11.4 Å². The van der Waals surface area contributed by atoms with Crippen molar-refractivity contribution < 1.29 is 10.3 Å². The van der Waals surface area contributed by atoms with Crippen molar-refractivity contribution in [3.05, 3.63) is 70.9 Å². The number of fused-ring (bicyclic) bond motifs is 1. The molecule has 3 rings (SSSR count). The molecule has 1 heterocycles. The van der Waals surface area contributed by atoms with Crippen LogP contribution in [0, 0.1) is 5.21 Å². The van der Waals surface area contributed by atoms with E-state index in [9.17, 15) is 10.4 Å². The Hall–Kier alpha value is -2.17. The summed E-state index contributed by atoms with van der Waals surface area (Å²) in [5, 5.41) is 24.9. The van der Waals surface area contributed by atoms with Crippen molar-refractivity contribution in [3.8, 4) is 0 Å². The van der Waals surface area contributed by atoms with Gasteiger partial charge in [-0.2, -0.15) is 0 Å². The van der Waals surface area contributed by atoms with Crippen molar-refractivity contribution in [2.75, 3.05) is 0 Å². The lowest BCUT2D eigenvalue weighted by Crippen LogP contribution is -3.01. The normalized spacial score (nSPS) is 24.2. The van der Waals surface area contributed by atoms with Gasteiger partial charge in [0.1, 0.15) is 5.69 Å². The molecule has 2 N–H and O–H groups in total. The van der Waals surface area contributed by atoms with E-state index < -0.39 is 6.04 Å². The first-order valence-electron chi connectivity index (χ1n) is 5.73. The van der Waals surface area contributed by atoms with E-state index in [-0.39, 0.29) is 5.06 Å². The molecule has 0 radical (unpaired) electrons. The fraction of sp³-hybridized carbons (Fsp3) is 0.0714. The second kappa shape index (κ2) is 4.25. The summed E-state index contributed by atoms with van der Waals surface area (Å²) in [6, 6.07) is 16.1. The molecule has 0 amide bonds. The van der Waals surface area contributed by atoms with Crippen LogP contribution in [0.2, 0.25) is 0 Å². The smallest absolute Gasteiger partial charge is 0.164 e. The highest BCUT2D eigenvalue weighted by atomic mass is 16.5. The van der Waals surface area contributed by atoms with Crippen molar-refractivity contribution in [1.29, 1.82) is 0 Å². The van der Waals surface area contributed by atoms with Crippen LogP contribution in [0.15, 0.2) is 59.8 Å². The predicted octanol–water partition coefficient (Wildman–Crippen LogP) is 1.63. The van der Waals surface area contributed by atoms with Crippen LogP contribution in [-0.2, 0) is 0 Å². The van der Waals surface area contributed by atoms with E-state index >= 15 is 0 Å². The summed E-state index contributed by atoms with van der Waals surface area (Å²) < 4.78 is 0. The van der Waals surface area contributed by atoms with Gasteiger partial charge in [-0.15, -0.1) is 0 Å². The molecule has 1 aliphatic heterocycles. The second-order valence-corrected chi connectivity index (χ2v) is 4.24. The first-order chi connectivity index (χ1) is 8.83. The monoisotopic (exact) mass is 240 g/mol. The van der Waals surface area contributed by atoms with Gasteiger partial charge in [0.25, 0.3) is 0 Å². The van der Waals surface area contributed by atoms with Crippen molar-refractivity contribution >= 4 is 11.4 Å². The number of benzene rings is 2. The Balaban J connectivity index is 2.14. The highest BCUT2D eigenvalue weighted by molar-refractivity contribution is 6.08. The van der Waals surface area contributed by atoms with Crippen LogP contribution in [0.25, 0.3) is 0 Å². The van der Waals surface area contributed by atoms with E-state index in [1.165, 1.54) is 0 Å². The van der Waals surface area contributed by atoms with Crippen molar-refractivity contribution in [1.82, 2.24) is 0 Å². The van der Waals surface area contributed by atoms with Crippen LogP contribution >= 0.6 is 0 Å². The Labute approximate surface area is 104 Å². The van der Waals surface area contributed by atoms with Crippen LogP contribution in [0.5, 0.6) is 0 Å². The fourth-order valence-electron chi connectivity index (χ4n) is 2.42. The van der Waals surface area contributed by atoms with E-state index in [1.807, 2.05) is 48.5 Å². The molecule has 0 spiro atoms. The van der Waals surface area contributed by atoms with Crippen LogP contribution < -0.4 is 5.06 Å². The van der Waals surface area contributed by atoms with Gasteiger partial charge in [-0.1, -0.05) is 47.6 Å². The largest absolute Gasteiger partial charge is 0.628 e. The minimum Gasteiger partial charge on any atom is -0.628 e. The fourth-order valence-corrected chi connectivity index (χ4v) is 2.42. The van der Waals surface area contributed by atoms with Crippen molar-refractivity contribution in [3.63, 3.8) is 0 Å². The molecule has 2 unspecified atom stereocenters. The van der Waals surface area contributed by atoms with Gasteiger partial charge in [0, 0.05) is 11.6 Å². The predicted molar refractivity (Wildman–Crippen MR) is 67.9 cm³/mol. The Kier molecular flexibility index (Phi) is 2.59. The molecule has 0 aromatic heterocycles. The molecule has 2 aromatic carbocycles. The quantitative estimate of drug-likeness (QED) is 0.452. The maximum absolute atomic E-state index is 12.4. The minimum atomic E-state index is -0.492. The molecule has 2 aromatic rings. The molecular formula is C14H12N2O2. The number of hydroxylamine groups is 1. The summed E-state index contributed by atoms with van der Waals surface area (Å²) in [6.45, 7) is 0.